The lowest BCUT2D eigenvalue weighted by atomic mass is 9.97. The van der Waals surface area contributed by atoms with E-state index in [-0.39, 0.29) is 29.3 Å². The second-order valence-electron chi connectivity index (χ2n) is 8.43. The van der Waals surface area contributed by atoms with Crippen molar-refractivity contribution in [3.8, 4) is 0 Å². The van der Waals surface area contributed by atoms with Crippen LogP contribution in [0.2, 0.25) is 0 Å². The molecule has 180 valence electrons. The van der Waals surface area contributed by atoms with E-state index in [1.54, 1.807) is 4.90 Å². The molecule has 0 radical (unpaired) electrons. The highest BCUT2D eigenvalue weighted by molar-refractivity contribution is 7.18. The van der Waals surface area contributed by atoms with E-state index in [1.165, 1.54) is 11.3 Å². The van der Waals surface area contributed by atoms with Crippen LogP contribution in [0.1, 0.15) is 37.7 Å². The Balaban J connectivity index is 1.32. The summed E-state index contributed by atoms with van der Waals surface area (Å²) in [5.74, 6) is -0.507. The number of aromatic amines is 1. The van der Waals surface area contributed by atoms with Crippen LogP contribution in [0.5, 0.6) is 0 Å². The Labute approximate surface area is 203 Å². The predicted molar refractivity (Wildman–Crippen MR) is 129 cm³/mol. The van der Waals surface area contributed by atoms with E-state index in [4.69, 9.17) is 10.5 Å². The molecule has 0 bridgehead atoms. The van der Waals surface area contributed by atoms with Gasteiger partial charge in [0.2, 0.25) is 5.82 Å². The molecule has 0 atom stereocenters. The highest BCUT2D eigenvalue weighted by Crippen LogP contribution is 2.31. The molecule has 0 spiro atoms. The number of amides is 1. The van der Waals surface area contributed by atoms with E-state index in [0.29, 0.717) is 61.9 Å². The van der Waals surface area contributed by atoms with Crippen LogP contribution in [-0.4, -0.2) is 46.5 Å². The van der Waals surface area contributed by atoms with Crippen LogP contribution in [0.3, 0.4) is 0 Å². The van der Waals surface area contributed by atoms with E-state index in [2.05, 4.69) is 15.3 Å². The molecule has 35 heavy (non-hydrogen) atoms. The van der Waals surface area contributed by atoms with Crippen LogP contribution in [0.25, 0.3) is 10.2 Å². The highest BCUT2D eigenvalue weighted by atomic mass is 32.1. The van der Waals surface area contributed by atoms with Crippen molar-refractivity contribution >= 4 is 40.0 Å². The van der Waals surface area contributed by atoms with Crippen LogP contribution < -0.4 is 16.6 Å². The summed E-state index contributed by atoms with van der Waals surface area (Å²) in [5, 5.41) is 3.36. The number of aromatic nitrogens is 2. The summed E-state index contributed by atoms with van der Waals surface area (Å²) in [6.07, 6.45) is 2.43. The van der Waals surface area contributed by atoms with Gasteiger partial charge in [0, 0.05) is 24.5 Å². The molecular formula is C24H23N5O5S. The van der Waals surface area contributed by atoms with Gasteiger partial charge in [-0.1, -0.05) is 18.2 Å². The van der Waals surface area contributed by atoms with Gasteiger partial charge in [-0.25, -0.2) is 4.98 Å². The van der Waals surface area contributed by atoms with Crippen LogP contribution in [-0.2, 0) is 46.9 Å². The summed E-state index contributed by atoms with van der Waals surface area (Å²) in [5.41, 5.74) is 9.37. The van der Waals surface area contributed by atoms with E-state index >= 15 is 0 Å². The van der Waals surface area contributed by atoms with Gasteiger partial charge in [0.1, 0.15) is 10.5 Å². The Hall–Kier alpha value is -3.83. The molecule has 0 saturated heterocycles. The molecule has 11 heteroatoms. The quantitative estimate of drug-likeness (QED) is 0.339. The van der Waals surface area contributed by atoms with E-state index in [0.717, 1.165) is 27.1 Å². The molecule has 0 unspecified atom stereocenters. The van der Waals surface area contributed by atoms with Crippen LogP contribution in [0, 0.1) is 0 Å². The number of rotatable bonds is 6. The molecule has 0 aliphatic carbocycles. The lowest BCUT2D eigenvalue weighted by molar-refractivity contribution is -0.108. The fraction of sp³-hybridized carbons (Fsp3) is 0.292. The smallest absolute Gasteiger partial charge is 0.287 e. The molecular weight excluding hydrogens is 470 g/mol. The number of allylic oxidation sites excluding steroid dienone is 2. The summed E-state index contributed by atoms with van der Waals surface area (Å²) < 4.78 is 5.46. The summed E-state index contributed by atoms with van der Waals surface area (Å²) in [6.45, 7) is 2.26. The Morgan fingerprint density at radius 2 is 2.11 bits per heavy atom. The number of hydrogen-bond donors (Lipinski definition) is 3. The topological polar surface area (TPSA) is 147 Å². The molecule has 5 rings (SSSR count). The number of nitrogens with two attached hydrogens (primary N) is 1. The average Bonchev–Trinajstić information content (AvgIpc) is 3.26. The minimum atomic E-state index is -0.476. The Bertz CT molecular complexity index is 1440. The van der Waals surface area contributed by atoms with Crippen LogP contribution >= 0.6 is 11.3 Å². The molecule has 0 saturated carbocycles. The van der Waals surface area contributed by atoms with Gasteiger partial charge >= 0.3 is 0 Å². The maximum absolute atomic E-state index is 12.8. The number of aldehydes is 2. The molecule has 3 aromatic rings. The van der Waals surface area contributed by atoms with Gasteiger partial charge in [-0.05, 0) is 35.1 Å². The number of carbonyl (C=O) groups is 3. The predicted octanol–water partition coefficient (Wildman–Crippen LogP) is 0.914. The first-order valence-electron chi connectivity index (χ1n) is 11.1. The third-order valence-electron chi connectivity index (χ3n) is 6.30. The first kappa shape index (κ1) is 22.9. The lowest BCUT2D eigenvalue weighted by Gasteiger charge is -2.31. The summed E-state index contributed by atoms with van der Waals surface area (Å²) in [4.78, 5) is 58.2. The van der Waals surface area contributed by atoms with Crippen molar-refractivity contribution in [2.24, 2.45) is 5.73 Å². The van der Waals surface area contributed by atoms with Crippen molar-refractivity contribution < 1.29 is 19.1 Å². The SMILES string of the molecule is N/C(C=O)=C(/C=O)N1CCc2ccc(CNC(=O)c3nc4sc5c(c4c(=O)[nH]3)CCOC5)cc2C1. The highest BCUT2D eigenvalue weighted by Gasteiger charge is 2.23. The number of benzene rings is 1. The molecule has 4 heterocycles. The zero-order chi connectivity index (χ0) is 24.5. The number of carbonyl (C=O) groups excluding carboxylic acids is 3. The molecule has 1 amide bonds. The molecule has 1 aromatic carbocycles. The maximum Gasteiger partial charge on any atom is 0.287 e. The number of nitrogens with zero attached hydrogens (tertiary/aromatic N) is 2. The van der Waals surface area contributed by atoms with Crippen molar-refractivity contribution in [3.63, 3.8) is 0 Å². The van der Waals surface area contributed by atoms with E-state index in [1.807, 2.05) is 18.2 Å². The van der Waals surface area contributed by atoms with Gasteiger partial charge in [0.25, 0.3) is 11.5 Å². The van der Waals surface area contributed by atoms with Gasteiger partial charge in [-0.15, -0.1) is 11.3 Å². The Morgan fingerprint density at radius 1 is 1.26 bits per heavy atom. The second kappa shape index (κ2) is 9.43. The Morgan fingerprint density at radius 3 is 2.91 bits per heavy atom. The van der Waals surface area contributed by atoms with Crippen molar-refractivity contribution in [2.75, 3.05) is 13.2 Å². The zero-order valence-corrected chi connectivity index (χ0v) is 19.6. The lowest BCUT2D eigenvalue weighted by Crippen LogP contribution is -2.33. The van der Waals surface area contributed by atoms with Crippen LogP contribution in [0.4, 0.5) is 0 Å². The van der Waals surface area contributed by atoms with Gasteiger partial charge in [0.15, 0.2) is 12.6 Å². The third-order valence-corrected chi connectivity index (χ3v) is 7.40. The van der Waals surface area contributed by atoms with Crippen molar-refractivity contribution in [2.45, 2.75) is 32.5 Å². The van der Waals surface area contributed by atoms with Gasteiger partial charge in [-0.3, -0.25) is 19.2 Å². The normalized spacial score (nSPS) is 15.7. The minimum absolute atomic E-state index is 0.0312. The first-order chi connectivity index (χ1) is 17.0. The zero-order valence-electron chi connectivity index (χ0n) is 18.8. The molecule has 0 fully saturated rings. The van der Waals surface area contributed by atoms with E-state index < -0.39 is 5.91 Å². The number of H-pyrrole nitrogens is 1. The summed E-state index contributed by atoms with van der Waals surface area (Å²) >= 11 is 1.38. The number of thiophene rings is 1. The standard InChI is InChI=1S/C24H23N5O5S/c25-17(10-30)18(11-31)29-5-3-14-2-1-13(7-15(14)9-29)8-26-23(33)21-27-22(32)20-16-4-6-34-12-19(16)35-24(20)28-21/h1-2,7,10-11H,3-6,8-9,12,25H2,(H,26,33)(H,27,28,32)/b18-17-. The molecule has 2 aliphatic rings. The summed E-state index contributed by atoms with van der Waals surface area (Å²) in [6, 6.07) is 5.87. The number of fused-ring (bicyclic) bond motifs is 4. The average molecular weight is 494 g/mol. The monoisotopic (exact) mass is 493 g/mol. The number of ether oxygens (including phenoxy) is 1. The molecule has 2 aromatic heterocycles. The van der Waals surface area contributed by atoms with Crippen molar-refractivity contribution in [3.05, 3.63) is 72.9 Å². The Kier molecular flexibility index (Phi) is 6.18. The fourth-order valence-electron chi connectivity index (χ4n) is 4.52. The maximum atomic E-state index is 12.8. The van der Waals surface area contributed by atoms with Crippen molar-refractivity contribution in [1.82, 2.24) is 20.2 Å². The fourth-order valence-corrected chi connectivity index (χ4v) is 5.67. The molecule has 10 nitrogen and oxygen atoms in total. The van der Waals surface area contributed by atoms with Gasteiger partial charge in [0.05, 0.1) is 24.3 Å². The number of nitrogens with one attached hydrogen (secondary N) is 2. The number of hydrogen-bond acceptors (Lipinski definition) is 9. The second-order valence-corrected chi connectivity index (χ2v) is 9.52. The van der Waals surface area contributed by atoms with Gasteiger partial charge < -0.3 is 25.7 Å². The molecule has 4 N–H and O–H groups in total. The van der Waals surface area contributed by atoms with Gasteiger partial charge in [-0.2, -0.15) is 0 Å². The third kappa shape index (κ3) is 4.35. The molecule has 2 aliphatic heterocycles. The van der Waals surface area contributed by atoms with Crippen LogP contribution in [0.15, 0.2) is 34.4 Å². The largest absolute Gasteiger partial charge is 0.394 e. The summed E-state index contributed by atoms with van der Waals surface area (Å²) in [7, 11) is 0. The minimum Gasteiger partial charge on any atom is -0.394 e. The van der Waals surface area contributed by atoms with Crippen molar-refractivity contribution in [1.29, 1.82) is 0 Å². The first-order valence-corrected chi connectivity index (χ1v) is 12.0. The van der Waals surface area contributed by atoms with E-state index in [9.17, 15) is 19.2 Å².